The molecule has 1 N–H and O–H groups in total. The molecule has 1 atom stereocenters. The van der Waals surface area contributed by atoms with Gasteiger partial charge in [-0.15, -0.1) is 0 Å². The highest BCUT2D eigenvalue weighted by Crippen LogP contribution is 2.23. The minimum absolute atomic E-state index is 0.0852. The number of carbonyl (C=O) groups excluding carboxylic acids is 1. The lowest BCUT2D eigenvalue weighted by Crippen LogP contribution is -2.32. The SMILES string of the molecule is CC[C@H](Oc1cc(C)ccc1C)C(=O)Nc1cccc(OC(C)C)c1. The second-order valence-electron chi connectivity index (χ2n) is 6.47. The monoisotopic (exact) mass is 341 g/mol. The molecule has 0 aliphatic carbocycles. The van der Waals surface area contributed by atoms with Gasteiger partial charge >= 0.3 is 0 Å². The van der Waals surface area contributed by atoms with Crippen molar-refractivity contribution < 1.29 is 14.3 Å². The average molecular weight is 341 g/mol. The number of hydrogen-bond donors (Lipinski definition) is 1. The lowest BCUT2D eigenvalue weighted by molar-refractivity contribution is -0.122. The zero-order valence-electron chi connectivity index (χ0n) is 15.6. The number of amides is 1. The molecule has 0 aliphatic heterocycles. The maximum Gasteiger partial charge on any atom is 0.265 e. The van der Waals surface area contributed by atoms with Gasteiger partial charge in [0.2, 0.25) is 0 Å². The number of benzene rings is 2. The topological polar surface area (TPSA) is 47.6 Å². The predicted octanol–water partition coefficient (Wildman–Crippen LogP) is 4.89. The fourth-order valence-corrected chi connectivity index (χ4v) is 2.45. The van der Waals surface area contributed by atoms with Crippen molar-refractivity contribution in [2.24, 2.45) is 0 Å². The van der Waals surface area contributed by atoms with Crippen LogP contribution in [0.15, 0.2) is 42.5 Å². The Balaban J connectivity index is 2.08. The van der Waals surface area contributed by atoms with E-state index in [-0.39, 0.29) is 12.0 Å². The van der Waals surface area contributed by atoms with Crippen LogP contribution < -0.4 is 14.8 Å². The van der Waals surface area contributed by atoms with Gasteiger partial charge in [0.25, 0.3) is 5.91 Å². The molecule has 0 aliphatic rings. The zero-order valence-corrected chi connectivity index (χ0v) is 15.6. The van der Waals surface area contributed by atoms with Crippen LogP contribution in [0.4, 0.5) is 5.69 Å². The van der Waals surface area contributed by atoms with Crippen LogP contribution in [-0.4, -0.2) is 18.1 Å². The van der Waals surface area contributed by atoms with Crippen molar-refractivity contribution in [2.75, 3.05) is 5.32 Å². The van der Waals surface area contributed by atoms with E-state index in [0.717, 1.165) is 22.6 Å². The van der Waals surface area contributed by atoms with Crippen molar-refractivity contribution in [3.63, 3.8) is 0 Å². The minimum atomic E-state index is -0.546. The Morgan fingerprint density at radius 2 is 1.84 bits per heavy atom. The molecule has 1 amide bonds. The molecule has 2 aromatic carbocycles. The third-order valence-corrected chi connectivity index (χ3v) is 3.75. The van der Waals surface area contributed by atoms with E-state index < -0.39 is 6.10 Å². The molecule has 0 aromatic heterocycles. The second kappa shape index (κ2) is 8.56. The lowest BCUT2D eigenvalue weighted by Gasteiger charge is -2.19. The third-order valence-electron chi connectivity index (χ3n) is 3.75. The van der Waals surface area contributed by atoms with Gasteiger partial charge < -0.3 is 14.8 Å². The number of hydrogen-bond acceptors (Lipinski definition) is 3. The maximum absolute atomic E-state index is 12.6. The van der Waals surface area contributed by atoms with Crippen LogP contribution in [0.5, 0.6) is 11.5 Å². The van der Waals surface area contributed by atoms with Crippen molar-refractivity contribution in [1.29, 1.82) is 0 Å². The molecule has 2 aromatic rings. The summed E-state index contributed by atoms with van der Waals surface area (Å²) in [5.41, 5.74) is 2.82. The van der Waals surface area contributed by atoms with Gasteiger partial charge in [-0.25, -0.2) is 0 Å². The molecule has 2 rings (SSSR count). The predicted molar refractivity (Wildman–Crippen MR) is 101 cm³/mol. The Kier molecular flexibility index (Phi) is 6.45. The van der Waals surface area contributed by atoms with Crippen LogP contribution in [0.3, 0.4) is 0 Å². The quantitative estimate of drug-likeness (QED) is 0.780. The first-order valence-electron chi connectivity index (χ1n) is 8.70. The Morgan fingerprint density at radius 3 is 2.52 bits per heavy atom. The van der Waals surface area contributed by atoms with E-state index in [2.05, 4.69) is 5.32 Å². The molecule has 0 unspecified atom stereocenters. The molecule has 4 heteroatoms. The van der Waals surface area contributed by atoms with Gasteiger partial charge in [-0.3, -0.25) is 4.79 Å². The Labute approximate surface area is 150 Å². The molecular weight excluding hydrogens is 314 g/mol. The first-order chi connectivity index (χ1) is 11.9. The Hall–Kier alpha value is -2.49. The fourth-order valence-electron chi connectivity index (χ4n) is 2.45. The van der Waals surface area contributed by atoms with E-state index in [4.69, 9.17) is 9.47 Å². The molecule has 4 nitrogen and oxygen atoms in total. The summed E-state index contributed by atoms with van der Waals surface area (Å²) in [6, 6.07) is 13.4. The van der Waals surface area contributed by atoms with Crippen molar-refractivity contribution in [3.05, 3.63) is 53.6 Å². The van der Waals surface area contributed by atoms with Crippen LogP contribution in [-0.2, 0) is 4.79 Å². The summed E-state index contributed by atoms with van der Waals surface area (Å²) in [6.07, 6.45) is 0.124. The molecule has 0 heterocycles. The first kappa shape index (κ1) is 18.8. The Bertz CT molecular complexity index is 725. The number of rotatable bonds is 7. The van der Waals surface area contributed by atoms with Crippen molar-refractivity contribution >= 4 is 11.6 Å². The molecule has 134 valence electrons. The summed E-state index contributed by atoms with van der Waals surface area (Å²) < 4.78 is 11.6. The normalized spacial score (nSPS) is 11.9. The van der Waals surface area contributed by atoms with E-state index in [0.29, 0.717) is 12.1 Å². The van der Waals surface area contributed by atoms with Gasteiger partial charge in [0.1, 0.15) is 11.5 Å². The molecule has 0 bridgehead atoms. The highest BCUT2D eigenvalue weighted by atomic mass is 16.5. The molecule has 0 spiro atoms. The second-order valence-corrected chi connectivity index (χ2v) is 6.47. The van der Waals surface area contributed by atoms with Crippen LogP contribution in [0.1, 0.15) is 38.3 Å². The molecule has 0 fully saturated rings. The van der Waals surface area contributed by atoms with Crippen molar-refractivity contribution in [3.8, 4) is 11.5 Å². The summed E-state index contributed by atoms with van der Waals surface area (Å²) >= 11 is 0. The minimum Gasteiger partial charge on any atom is -0.491 e. The van der Waals surface area contributed by atoms with E-state index in [1.165, 1.54) is 0 Å². The smallest absolute Gasteiger partial charge is 0.265 e. The lowest BCUT2D eigenvalue weighted by atomic mass is 10.1. The van der Waals surface area contributed by atoms with Gasteiger partial charge in [-0.2, -0.15) is 0 Å². The number of aryl methyl sites for hydroxylation is 2. The molecular formula is C21H27NO3. The van der Waals surface area contributed by atoms with Gasteiger partial charge in [0.15, 0.2) is 6.10 Å². The van der Waals surface area contributed by atoms with E-state index in [9.17, 15) is 4.79 Å². The molecule has 0 saturated heterocycles. The summed E-state index contributed by atoms with van der Waals surface area (Å²) in [6.45, 7) is 9.86. The highest BCUT2D eigenvalue weighted by Gasteiger charge is 2.19. The Morgan fingerprint density at radius 1 is 1.08 bits per heavy atom. The summed E-state index contributed by atoms with van der Waals surface area (Å²) in [5.74, 6) is 1.32. The summed E-state index contributed by atoms with van der Waals surface area (Å²) in [4.78, 5) is 12.6. The molecule has 25 heavy (non-hydrogen) atoms. The van der Waals surface area contributed by atoms with Gasteiger partial charge in [0.05, 0.1) is 6.10 Å². The standard InChI is InChI=1S/C21H27NO3/c1-6-19(25-20-12-15(4)10-11-16(20)5)21(23)22-17-8-7-9-18(13-17)24-14(2)3/h7-14,19H,6H2,1-5H3,(H,22,23)/t19-/m0/s1. The zero-order chi connectivity index (χ0) is 18.4. The van der Waals surface area contributed by atoms with Gasteiger partial charge in [-0.1, -0.05) is 25.1 Å². The summed E-state index contributed by atoms with van der Waals surface area (Å²) in [5, 5.41) is 2.92. The van der Waals surface area contributed by atoms with Crippen molar-refractivity contribution in [2.45, 2.75) is 53.2 Å². The fraction of sp³-hybridized carbons (Fsp3) is 0.381. The van der Waals surface area contributed by atoms with Crippen LogP contribution in [0, 0.1) is 13.8 Å². The molecule has 0 saturated carbocycles. The van der Waals surface area contributed by atoms with Crippen LogP contribution >= 0.6 is 0 Å². The van der Waals surface area contributed by atoms with Crippen LogP contribution in [0.2, 0.25) is 0 Å². The van der Waals surface area contributed by atoms with E-state index in [1.54, 1.807) is 0 Å². The number of nitrogens with one attached hydrogen (secondary N) is 1. The van der Waals surface area contributed by atoms with Crippen LogP contribution in [0.25, 0.3) is 0 Å². The van der Waals surface area contributed by atoms with Gasteiger partial charge in [0, 0.05) is 11.8 Å². The van der Waals surface area contributed by atoms with Crippen molar-refractivity contribution in [1.82, 2.24) is 0 Å². The maximum atomic E-state index is 12.6. The number of carbonyl (C=O) groups is 1. The number of ether oxygens (including phenoxy) is 2. The van der Waals surface area contributed by atoms with E-state index >= 15 is 0 Å². The van der Waals surface area contributed by atoms with E-state index in [1.807, 2.05) is 77.1 Å². The summed E-state index contributed by atoms with van der Waals surface area (Å²) in [7, 11) is 0. The molecule has 0 radical (unpaired) electrons. The first-order valence-corrected chi connectivity index (χ1v) is 8.70. The van der Waals surface area contributed by atoms with Gasteiger partial charge in [-0.05, 0) is 63.4 Å². The largest absolute Gasteiger partial charge is 0.491 e. The highest BCUT2D eigenvalue weighted by molar-refractivity contribution is 5.94. The average Bonchev–Trinajstić information content (AvgIpc) is 2.55. The third kappa shape index (κ3) is 5.52. The number of anilines is 1.